The van der Waals surface area contributed by atoms with E-state index < -0.39 is 0 Å². The van der Waals surface area contributed by atoms with Crippen LogP contribution < -0.4 is 5.32 Å². The Balaban J connectivity index is 1.88. The summed E-state index contributed by atoms with van der Waals surface area (Å²) in [5.74, 6) is 4.52. The van der Waals surface area contributed by atoms with E-state index in [1.807, 2.05) is 11.3 Å². The number of rotatable bonds is 6. The van der Waals surface area contributed by atoms with E-state index in [0.717, 1.165) is 18.1 Å². The zero-order valence-corrected chi connectivity index (χ0v) is 12.1. The molecule has 2 rings (SSSR count). The van der Waals surface area contributed by atoms with Gasteiger partial charge in [-0.3, -0.25) is 0 Å². The van der Waals surface area contributed by atoms with Crippen molar-refractivity contribution in [3.8, 4) is 12.3 Å². The molecule has 3 heteroatoms. The maximum Gasteiger partial charge on any atom is 0.0545 e. The number of benzene rings is 1. The number of hydrogen-bond acceptors (Lipinski definition) is 3. The lowest BCUT2D eigenvalue weighted by Gasteiger charge is -2.11. The summed E-state index contributed by atoms with van der Waals surface area (Å²) in [4.78, 5) is 1.40. The third-order valence-electron chi connectivity index (χ3n) is 2.75. The minimum absolute atomic E-state index is 0.411. The monoisotopic (exact) mass is 275 g/mol. The molecule has 0 aliphatic heterocycles. The lowest BCUT2D eigenvalue weighted by Crippen LogP contribution is -2.20. The zero-order valence-electron chi connectivity index (χ0n) is 10.5. The summed E-state index contributed by atoms with van der Waals surface area (Å²) < 4.78 is 1.36. The number of nitrogens with one attached hydrogen (secondary N) is 1. The average Bonchev–Trinajstić information content (AvgIpc) is 2.82. The molecule has 0 spiro atoms. The molecular formula is C15H17NS2. The van der Waals surface area contributed by atoms with Gasteiger partial charge in [0, 0.05) is 27.9 Å². The quantitative estimate of drug-likeness (QED) is 0.633. The largest absolute Gasteiger partial charge is 0.309 e. The molecule has 0 saturated heterocycles. The highest BCUT2D eigenvalue weighted by molar-refractivity contribution is 7.99. The maximum absolute atomic E-state index is 5.22. The maximum atomic E-state index is 5.22. The predicted molar refractivity (Wildman–Crippen MR) is 84.4 cm³/mol. The second kappa shape index (κ2) is 6.84. The summed E-state index contributed by atoms with van der Waals surface area (Å²) >= 11 is 3.67. The van der Waals surface area contributed by atoms with Gasteiger partial charge in [0.2, 0.25) is 0 Å². The lowest BCUT2D eigenvalue weighted by molar-refractivity contribution is 0.611. The minimum Gasteiger partial charge on any atom is -0.309 e. The number of hydrogen-bond donors (Lipinski definition) is 1. The first-order valence-electron chi connectivity index (χ1n) is 6.04. The highest BCUT2D eigenvalue weighted by Crippen LogP contribution is 2.29. The molecule has 0 aliphatic carbocycles. The van der Waals surface area contributed by atoms with Crippen LogP contribution in [-0.4, -0.2) is 18.1 Å². The first-order chi connectivity index (χ1) is 8.81. The van der Waals surface area contributed by atoms with E-state index in [-0.39, 0.29) is 0 Å². The van der Waals surface area contributed by atoms with Gasteiger partial charge in [0.15, 0.2) is 0 Å². The molecule has 0 saturated carbocycles. The molecule has 1 unspecified atom stereocenters. The van der Waals surface area contributed by atoms with E-state index in [4.69, 9.17) is 6.42 Å². The number of fused-ring (bicyclic) bond motifs is 1. The number of thioether (sulfide) groups is 1. The Morgan fingerprint density at radius 2 is 2.28 bits per heavy atom. The Bertz CT molecular complexity index is 506. The molecule has 1 aromatic heterocycles. The van der Waals surface area contributed by atoms with Crippen molar-refractivity contribution in [2.75, 3.05) is 18.1 Å². The molecule has 18 heavy (non-hydrogen) atoms. The fraction of sp³-hybridized carbons (Fsp3) is 0.333. The number of thiophene rings is 1. The first-order valence-corrected chi connectivity index (χ1v) is 8.01. The van der Waals surface area contributed by atoms with Crippen LogP contribution in [0.1, 0.15) is 17.8 Å². The highest BCUT2D eigenvalue weighted by Gasteiger charge is 2.08. The van der Waals surface area contributed by atoms with Crippen LogP contribution in [-0.2, 0) is 0 Å². The van der Waals surface area contributed by atoms with Gasteiger partial charge in [-0.2, -0.15) is 0 Å². The van der Waals surface area contributed by atoms with Gasteiger partial charge in [0.1, 0.15) is 0 Å². The third-order valence-corrected chi connectivity index (χ3v) is 4.92. The number of terminal acetylenes is 1. The summed E-state index contributed by atoms with van der Waals surface area (Å²) in [7, 11) is 0. The van der Waals surface area contributed by atoms with Gasteiger partial charge in [0.25, 0.3) is 0 Å². The Morgan fingerprint density at radius 3 is 3.06 bits per heavy atom. The fourth-order valence-electron chi connectivity index (χ4n) is 1.80. The summed E-state index contributed by atoms with van der Waals surface area (Å²) in [5.41, 5.74) is 0. The van der Waals surface area contributed by atoms with E-state index in [2.05, 4.69) is 48.5 Å². The van der Waals surface area contributed by atoms with Gasteiger partial charge in [-0.1, -0.05) is 24.1 Å². The van der Waals surface area contributed by atoms with Crippen LogP contribution in [0.25, 0.3) is 10.1 Å². The van der Waals surface area contributed by atoms with E-state index >= 15 is 0 Å². The Morgan fingerprint density at radius 1 is 1.44 bits per heavy atom. The van der Waals surface area contributed by atoms with E-state index in [9.17, 15) is 0 Å². The fourth-order valence-corrected chi connectivity index (χ4v) is 3.41. The highest BCUT2D eigenvalue weighted by atomic mass is 32.2. The molecule has 1 aromatic carbocycles. The van der Waals surface area contributed by atoms with Crippen molar-refractivity contribution >= 4 is 33.2 Å². The molecule has 94 valence electrons. The van der Waals surface area contributed by atoms with Crippen molar-refractivity contribution in [2.45, 2.75) is 13.0 Å². The molecule has 2 aromatic rings. The van der Waals surface area contributed by atoms with E-state index in [0.29, 0.717) is 6.04 Å². The van der Waals surface area contributed by atoms with Crippen molar-refractivity contribution in [2.24, 2.45) is 0 Å². The topological polar surface area (TPSA) is 12.0 Å². The van der Waals surface area contributed by atoms with Crippen LogP contribution in [0.15, 0.2) is 30.3 Å². The lowest BCUT2D eigenvalue weighted by atomic mass is 10.2. The molecule has 1 heterocycles. The zero-order chi connectivity index (χ0) is 12.8. The van der Waals surface area contributed by atoms with Gasteiger partial charge in [0.05, 0.1) is 5.75 Å². The van der Waals surface area contributed by atoms with Crippen molar-refractivity contribution in [1.29, 1.82) is 0 Å². The Kier molecular flexibility index (Phi) is 5.12. The van der Waals surface area contributed by atoms with Crippen LogP contribution in [0.4, 0.5) is 0 Å². The molecule has 0 bridgehead atoms. The van der Waals surface area contributed by atoms with E-state index in [1.54, 1.807) is 11.8 Å². The molecule has 0 aliphatic rings. The van der Waals surface area contributed by atoms with Crippen molar-refractivity contribution in [3.05, 3.63) is 35.2 Å². The van der Waals surface area contributed by atoms with Crippen molar-refractivity contribution in [1.82, 2.24) is 5.32 Å². The van der Waals surface area contributed by atoms with Crippen LogP contribution in [0.3, 0.4) is 0 Å². The summed E-state index contributed by atoms with van der Waals surface area (Å²) in [6.45, 7) is 3.22. The molecule has 0 radical (unpaired) electrons. The summed E-state index contributed by atoms with van der Waals surface area (Å²) in [5, 5.41) is 4.88. The standard InChI is InChI=1S/C15H17NS2/c1-3-9-17-10-8-16-12(2)15-11-13-6-4-5-7-14(13)18-15/h1,4-7,11-12,16H,8-10H2,2H3. The van der Waals surface area contributed by atoms with Gasteiger partial charge in [-0.15, -0.1) is 29.5 Å². The van der Waals surface area contributed by atoms with Crippen molar-refractivity contribution in [3.63, 3.8) is 0 Å². The molecule has 1 N–H and O–H groups in total. The van der Waals surface area contributed by atoms with E-state index in [1.165, 1.54) is 15.0 Å². The van der Waals surface area contributed by atoms with Gasteiger partial charge in [-0.05, 0) is 24.4 Å². The SMILES string of the molecule is C#CCSCCNC(C)c1cc2ccccc2s1. The Hall–Kier alpha value is -0.950. The molecule has 1 nitrogen and oxygen atoms in total. The van der Waals surface area contributed by atoms with Crippen LogP contribution >= 0.6 is 23.1 Å². The molecule has 1 atom stereocenters. The molecular weight excluding hydrogens is 258 g/mol. The first kappa shape index (κ1) is 13.5. The minimum atomic E-state index is 0.411. The average molecular weight is 275 g/mol. The third kappa shape index (κ3) is 3.52. The van der Waals surface area contributed by atoms with Crippen LogP contribution in [0, 0.1) is 12.3 Å². The van der Waals surface area contributed by atoms with Crippen LogP contribution in [0.2, 0.25) is 0 Å². The predicted octanol–water partition coefficient (Wildman–Crippen LogP) is 3.92. The van der Waals surface area contributed by atoms with Crippen LogP contribution in [0.5, 0.6) is 0 Å². The van der Waals surface area contributed by atoms with Gasteiger partial charge in [-0.25, -0.2) is 0 Å². The van der Waals surface area contributed by atoms with Gasteiger partial charge >= 0.3 is 0 Å². The normalized spacial score (nSPS) is 12.4. The molecule has 0 amide bonds. The summed E-state index contributed by atoms with van der Waals surface area (Å²) in [6.07, 6.45) is 5.22. The second-order valence-corrected chi connectivity index (χ2v) is 6.34. The van der Waals surface area contributed by atoms with Gasteiger partial charge < -0.3 is 5.32 Å². The smallest absolute Gasteiger partial charge is 0.0545 e. The second-order valence-electron chi connectivity index (χ2n) is 4.12. The Labute approximate surface area is 117 Å². The molecule has 0 fully saturated rings. The summed E-state index contributed by atoms with van der Waals surface area (Å²) in [6, 6.07) is 11.2. The van der Waals surface area contributed by atoms with Crippen molar-refractivity contribution < 1.29 is 0 Å².